The Morgan fingerprint density at radius 2 is 2.43 bits per heavy atom. The van der Waals surface area contributed by atoms with Crippen LogP contribution in [0, 0.1) is 6.54 Å². The van der Waals surface area contributed by atoms with Gasteiger partial charge in [0.05, 0.1) is 6.42 Å². The Bertz CT molecular complexity index is 87.7. The molecule has 7 heavy (non-hydrogen) atoms. The molecule has 3 heteroatoms. The van der Waals surface area contributed by atoms with Crippen molar-refractivity contribution in [3.8, 4) is 0 Å². The van der Waals surface area contributed by atoms with Crippen LogP contribution >= 0.6 is 0 Å². The smallest absolute Gasteiger partial charge is 0.207 e. The molecular weight excluding hydrogens is 92.1 g/mol. The number of nitrogens with zero attached hydrogens (tertiary/aromatic N) is 1. The van der Waals surface area contributed by atoms with E-state index in [1.54, 1.807) is 6.54 Å². The van der Waals surface area contributed by atoms with E-state index in [1.807, 2.05) is 0 Å². The Morgan fingerprint density at radius 1 is 1.86 bits per heavy atom. The summed E-state index contributed by atoms with van der Waals surface area (Å²) in [6, 6.07) is -0.591. The van der Waals surface area contributed by atoms with Crippen molar-refractivity contribution in [2.45, 2.75) is 6.42 Å². The Morgan fingerprint density at radius 3 is 2.43 bits per heavy atom. The average molecular weight is 98.1 g/mol. The predicted octanol–water partition coefficient (Wildman–Crippen LogP) is 0.0949. The molecule has 37 valence electrons. The fourth-order valence-corrected chi connectivity index (χ4v) is 0.443. The molecule has 1 aliphatic heterocycles. The second-order valence-corrected chi connectivity index (χ2v) is 1.47. The highest BCUT2D eigenvalue weighted by Crippen LogP contribution is 2.05. The minimum Gasteiger partial charge on any atom is -0.207 e. The predicted molar refractivity (Wildman–Crippen MR) is 24.4 cm³/mol. The van der Waals surface area contributed by atoms with E-state index < -0.39 is 6.03 Å². The molecule has 0 saturated carbocycles. The molecule has 0 aromatic carbocycles. The summed E-state index contributed by atoms with van der Waals surface area (Å²) >= 11 is 0. The molecular formula is C4H6N2O+. The molecule has 0 spiro atoms. The first kappa shape index (κ1) is 4.59. The number of urea groups is 1. The topological polar surface area (TPSA) is 46.8 Å². The van der Waals surface area contributed by atoms with Crippen molar-refractivity contribution in [2.75, 3.05) is 6.54 Å². The zero-order valence-electron chi connectivity index (χ0n) is 3.85. The molecule has 3 radical (unpaired) electrons. The fraction of sp³-hybridized carbons (Fsp3) is 0.500. The van der Waals surface area contributed by atoms with Gasteiger partial charge >= 0.3 is 6.03 Å². The largest absolute Gasteiger partial charge is 0.483 e. The maximum absolute atomic E-state index is 9.99. The Kier molecular flexibility index (Phi) is 0.982. The fourth-order valence-electron chi connectivity index (χ4n) is 0.443. The normalized spacial score (nSPS) is 21.1. The summed E-state index contributed by atoms with van der Waals surface area (Å²) in [5.74, 6) is 0. The first-order chi connectivity index (χ1) is 3.30. The van der Waals surface area contributed by atoms with E-state index in [-0.39, 0.29) is 0 Å². The van der Waals surface area contributed by atoms with Gasteiger partial charge in [-0.05, 0) is 0 Å². The van der Waals surface area contributed by atoms with Gasteiger partial charge in [-0.15, -0.1) is 0 Å². The first-order valence-electron chi connectivity index (χ1n) is 2.16. The van der Waals surface area contributed by atoms with E-state index in [4.69, 9.17) is 5.73 Å². The van der Waals surface area contributed by atoms with Crippen LogP contribution in [0.1, 0.15) is 6.42 Å². The number of amides is 2. The van der Waals surface area contributed by atoms with Gasteiger partial charge in [-0.3, -0.25) is 0 Å². The van der Waals surface area contributed by atoms with Crippen molar-refractivity contribution < 1.29 is 4.79 Å². The molecule has 0 bridgehead atoms. The Labute approximate surface area is 42.1 Å². The lowest BCUT2D eigenvalue weighted by molar-refractivity contribution is 0.226. The SMILES string of the molecule is [NH]C(=O)[N+]1[CH]CC1. The van der Waals surface area contributed by atoms with Crippen LogP contribution in [-0.2, 0) is 0 Å². The quantitative estimate of drug-likeness (QED) is 0.396. The third kappa shape index (κ3) is 0.718. The minimum atomic E-state index is -0.591. The van der Waals surface area contributed by atoms with Gasteiger partial charge in [0.15, 0.2) is 0 Å². The number of carbonyl (C=O) groups excluding carboxylic acids is 1. The molecule has 1 N–H and O–H groups in total. The molecule has 2 amide bonds. The number of rotatable bonds is 0. The maximum Gasteiger partial charge on any atom is 0.483 e. The summed E-state index contributed by atoms with van der Waals surface area (Å²) in [5, 5.41) is 0. The lowest BCUT2D eigenvalue weighted by Gasteiger charge is -2.10. The van der Waals surface area contributed by atoms with Crippen molar-refractivity contribution in [2.24, 2.45) is 0 Å². The number of hydrogen-bond acceptors (Lipinski definition) is 1. The van der Waals surface area contributed by atoms with Crippen LogP contribution in [0.4, 0.5) is 4.79 Å². The molecule has 1 fully saturated rings. The average Bonchev–Trinajstić information content (AvgIpc) is 1.23. The van der Waals surface area contributed by atoms with Crippen LogP contribution in [0.25, 0.3) is 0 Å². The van der Waals surface area contributed by atoms with Gasteiger partial charge in [0.1, 0.15) is 6.54 Å². The summed E-state index contributed by atoms with van der Waals surface area (Å²) < 4.78 is 0. The third-order valence-corrected chi connectivity index (χ3v) is 0.980. The zero-order chi connectivity index (χ0) is 5.28. The van der Waals surface area contributed by atoms with Gasteiger partial charge in [-0.25, -0.2) is 5.73 Å². The van der Waals surface area contributed by atoms with Crippen LogP contribution in [0.3, 0.4) is 0 Å². The molecule has 0 unspecified atom stereocenters. The van der Waals surface area contributed by atoms with Crippen molar-refractivity contribution in [3.05, 3.63) is 6.54 Å². The van der Waals surface area contributed by atoms with Gasteiger partial charge in [-0.1, -0.05) is 4.90 Å². The van der Waals surface area contributed by atoms with Gasteiger partial charge in [-0.2, -0.15) is 4.79 Å². The molecule has 1 heterocycles. The van der Waals surface area contributed by atoms with Crippen molar-refractivity contribution >= 4 is 6.03 Å². The van der Waals surface area contributed by atoms with Crippen molar-refractivity contribution in [3.63, 3.8) is 0 Å². The molecule has 1 aliphatic rings. The van der Waals surface area contributed by atoms with Crippen molar-refractivity contribution in [1.29, 1.82) is 0 Å². The summed E-state index contributed by atoms with van der Waals surface area (Å²) in [6.45, 7) is 2.46. The highest BCUT2D eigenvalue weighted by molar-refractivity contribution is 5.75. The van der Waals surface area contributed by atoms with E-state index in [2.05, 4.69) is 0 Å². The maximum atomic E-state index is 9.99. The number of likely N-dealkylation sites (tertiary alicyclic amines) is 1. The number of carbonyl (C=O) groups is 1. The third-order valence-electron chi connectivity index (χ3n) is 0.980. The van der Waals surface area contributed by atoms with Crippen LogP contribution in [-0.4, -0.2) is 12.6 Å². The van der Waals surface area contributed by atoms with Crippen LogP contribution in [0.5, 0.6) is 0 Å². The zero-order valence-corrected chi connectivity index (χ0v) is 3.85. The van der Waals surface area contributed by atoms with Crippen LogP contribution < -0.4 is 10.6 Å². The molecule has 3 nitrogen and oxygen atoms in total. The molecule has 0 aromatic rings. The lowest BCUT2D eigenvalue weighted by atomic mass is 10.2. The monoisotopic (exact) mass is 98.0 g/mol. The summed E-state index contributed by atoms with van der Waals surface area (Å²) in [4.78, 5) is 11.4. The summed E-state index contributed by atoms with van der Waals surface area (Å²) in [7, 11) is 0. The van der Waals surface area contributed by atoms with E-state index in [0.717, 1.165) is 13.0 Å². The standard InChI is InChI=1S/C4H6N2O/c5-4(7)6-2-1-3-6/h2,5H,1,3H2/q+1. The summed E-state index contributed by atoms with van der Waals surface area (Å²) in [6.07, 6.45) is 0.949. The molecule has 0 atom stereocenters. The lowest BCUT2D eigenvalue weighted by Crippen LogP contribution is -2.43. The minimum absolute atomic E-state index is 0.591. The van der Waals surface area contributed by atoms with Gasteiger partial charge in [0.2, 0.25) is 6.54 Å². The highest BCUT2D eigenvalue weighted by Gasteiger charge is 2.32. The number of hydrogen-bond donors (Lipinski definition) is 0. The second-order valence-electron chi connectivity index (χ2n) is 1.47. The molecule has 1 rings (SSSR count). The number of nitrogens with one attached hydrogen (secondary N) is 1. The van der Waals surface area contributed by atoms with Gasteiger partial charge in [0.25, 0.3) is 0 Å². The second kappa shape index (κ2) is 1.50. The van der Waals surface area contributed by atoms with E-state index in [0.29, 0.717) is 0 Å². The van der Waals surface area contributed by atoms with E-state index in [9.17, 15) is 4.79 Å². The molecule has 0 aliphatic carbocycles. The summed E-state index contributed by atoms with van der Waals surface area (Å²) in [5.41, 5.74) is 6.49. The first-order valence-corrected chi connectivity index (χ1v) is 2.16. The van der Waals surface area contributed by atoms with E-state index >= 15 is 0 Å². The molecule has 1 saturated heterocycles. The highest BCUT2D eigenvalue weighted by atomic mass is 16.2. The Balaban J connectivity index is 2.27. The van der Waals surface area contributed by atoms with Crippen molar-refractivity contribution in [1.82, 2.24) is 10.6 Å². The van der Waals surface area contributed by atoms with Gasteiger partial charge in [0, 0.05) is 0 Å². The van der Waals surface area contributed by atoms with Crippen LogP contribution in [0.2, 0.25) is 0 Å². The van der Waals surface area contributed by atoms with Gasteiger partial charge < -0.3 is 0 Å². The molecule has 0 aromatic heterocycles. The van der Waals surface area contributed by atoms with Crippen LogP contribution in [0.15, 0.2) is 0 Å². The van der Waals surface area contributed by atoms with E-state index in [1.165, 1.54) is 4.90 Å². The Hall–Kier alpha value is -0.570.